The highest BCUT2D eigenvalue weighted by Crippen LogP contribution is 2.29. The Bertz CT molecular complexity index is 3180. The molecule has 0 radical (unpaired) electrons. The summed E-state index contributed by atoms with van der Waals surface area (Å²) in [6.07, 6.45) is 8.72. The Balaban J connectivity index is 0.00000179. The summed E-state index contributed by atoms with van der Waals surface area (Å²) in [5, 5.41) is 23.1. The number of carbonyl (C=O) groups is 13. The fraction of sp³-hybridized carbons (Fsp3) is 0.649. The number of ketones is 2. The van der Waals surface area contributed by atoms with E-state index in [4.69, 9.17) is 0 Å². The fourth-order valence-corrected chi connectivity index (χ4v) is 12.6. The number of aliphatic hydroxyl groups is 1. The normalized spacial score (nSPS) is 25.2. The number of allylic oxidation sites excluding steroid dienone is 7. The lowest BCUT2D eigenvalue weighted by Gasteiger charge is -2.41. The van der Waals surface area contributed by atoms with Gasteiger partial charge >= 0.3 is 0 Å². The molecule has 11 amide bonds. The van der Waals surface area contributed by atoms with Crippen molar-refractivity contribution in [2.75, 3.05) is 55.9 Å². The van der Waals surface area contributed by atoms with Crippen LogP contribution in [-0.4, -0.2) is 238 Å². The first-order valence-electron chi connectivity index (χ1n) is 35.9. The second-order valence-corrected chi connectivity index (χ2v) is 29.9. The molecule has 1 fully saturated rings. The van der Waals surface area contributed by atoms with Gasteiger partial charge in [-0.3, -0.25) is 62.3 Å². The van der Waals surface area contributed by atoms with Crippen molar-refractivity contribution in [2.24, 2.45) is 41.4 Å². The molecule has 13 unspecified atom stereocenters. The van der Waals surface area contributed by atoms with Gasteiger partial charge in [-0.1, -0.05) is 145 Å². The quantitative estimate of drug-likeness (QED) is 0.0850. The average Bonchev–Trinajstić information content (AvgIpc) is 0.801. The Labute approximate surface area is 607 Å². The minimum atomic E-state index is -1.61. The van der Waals surface area contributed by atoms with Crippen LogP contribution in [0, 0.1) is 41.4 Å². The number of nitrogens with zero attached hydrogens (tertiary/aromatic N) is 7. The van der Waals surface area contributed by atoms with Crippen LogP contribution in [0.2, 0.25) is 0 Å². The summed E-state index contributed by atoms with van der Waals surface area (Å²) in [5.74, 6) is -10.2. The third-order valence-electron chi connectivity index (χ3n) is 18.8. The van der Waals surface area contributed by atoms with E-state index in [1.165, 1.54) is 106 Å². The van der Waals surface area contributed by atoms with Crippen molar-refractivity contribution in [2.45, 2.75) is 229 Å². The zero-order valence-electron chi connectivity index (χ0n) is 65.4. The standard InChI is InChI=1S/C62H111N11O12.C15H12O2/c1-25-27-28-40(15)52(75)51-56(79)65-43(26-2)58(81)67(18)33-48(74)68(19)44(29-34(3)4)55(78)66-49(38(11)12)61(84)69(20)45(30-35(5)6)54(77)63-41(16)53(76)64-42(17)57(80)70(21)46(31-36(7)8)59(82)71(22)47(32-37(9)10)60(83)72(23)50(39(13)14)62(85)73(51)24;1-2-13(11-6-4-3-5-7-11)14-10-12(16)8-9-15(14)17/h25,27,34-47,49-52,75H,26,28-33H2,1-24H3,(H,63,77)(H,64,76)(H,65,79)(H,66,78);2-10,13H,1H2. The van der Waals surface area contributed by atoms with E-state index in [2.05, 4.69) is 27.8 Å². The van der Waals surface area contributed by atoms with E-state index in [1.54, 1.807) is 60.6 Å². The molecule has 0 bridgehead atoms. The minimum absolute atomic E-state index is 0.0229. The Hall–Kier alpha value is -8.35. The van der Waals surface area contributed by atoms with E-state index < -0.39 is 156 Å². The van der Waals surface area contributed by atoms with E-state index in [0.29, 0.717) is 12.0 Å². The van der Waals surface area contributed by atoms with Gasteiger partial charge in [-0.05, 0) is 125 Å². The van der Waals surface area contributed by atoms with Gasteiger partial charge in [0.15, 0.2) is 11.6 Å². The maximum Gasteiger partial charge on any atom is 0.246 e. The molecule has 3 rings (SSSR count). The van der Waals surface area contributed by atoms with Crippen molar-refractivity contribution in [3.63, 3.8) is 0 Å². The molecule has 13 atom stereocenters. The molecule has 0 saturated carbocycles. The van der Waals surface area contributed by atoms with Crippen molar-refractivity contribution >= 4 is 76.5 Å². The van der Waals surface area contributed by atoms with Gasteiger partial charge in [0.05, 0.1) is 12.6 Å². The van der Waals surface area contributed by atoms with Crippen molar-refractivity contribution in [3.8, 4) is 0 Å². The number of hydrogen-bond donors (Lipinski definition) is 5. The van der Waals surface area contributed by atoms with Crippen molar-refractivity contribution in [1.29, 1.82) is 0 Å². The molecular formula is C77H123N11O14. The molecule has 1 aromatic carbocycles. The van der Waals surface area contributed by atoms with Crippen LogP contribution in [-0.2, 0) is 62.3 Å². The van der Waals surface area contributed by atoms with Crippen LogP contribution < -0.4 is 21.3 Å². The number of nitrogens with one attached hydrogen (secondary N) is 4. The topological polar surface area (TPSA) is 313 Å². The SMILES string of the molecule is C=CC(C1=CC(=O)C=CC1=O)c1ccccc1.CC=CCC(C)C(O)C1C(=O)NC(CC)C(=O)N(C)CC(=O)N(C)C(CC(C)C)C(=O)NC(C(C)C)C(=O)N(C)C(CC(C)C)C(=O)NC(C)C(=O)NC(C)C(=O)N(C)C(CC(C)C)C(=O)N(C)C(CC(C)C)C(=O)N(C)C(C(C)C)C(=O)N1C. The van der Waals surface area contributed by atoms with Crippen LogP contribution in [0.4, 0.5) is 0 Å². The molecule has 0 aromatic heterocycles. The van der Waals surface area contributed by atoms with Gasteiger partial charge in [-0.2, -0.15) is 0 Å². The fourth-order valence-electron chi connectivity index (χ4n) is 12.6. The number of aliphatic hydroxyl groups excluding tert-OH is 1. The Morgan fingerprint density at radius 3 is 1.45 bits per heavy atom. The summed E-state index contributed by atoms with van der Waals surface area (Å²) in [4.78, 5) is 192. The van der Waals surface area contributed by atoms with Gasteiger partial charge < -0.3 is 60.7 Å². The molecule has 1 aromatic rings. The third kappa shape index (κ3) is 25.3. The zero-order valence-corrected chi connectivity index (χ0v) is 65.4. The molecule has 1 saturated heterocycles. The molecule has 102 heavy (non-hydrogen) atoms. The smallest absolute Gasteiger partial charge is 0.246 e. The Morgan fingerprint density at radius 1 is 0.510 bits per heavy atom. The molecule has 25 nitrogen and oxygen atoms in total. The number of carbonyl (C=O) groups excluding carboxylic acids is 13. The van der Waals surface area contributed by atoms with Crippen molar-refractivity contribution in [1.82, 2.24) is 55.6 Å². The first kappa shape index (κ1) is 89.7. The number of hydrogen-bond acceptors (Lipinski definition) is 14. The minimum Gasteiger partial charge on any atom is -0.390 e. The molecule has 1 aliphatic carbocycles. The van der Waals surface area contributed by atoms with Crippen LogP contribution in [0.5, 0.6) is 0 Å². The summed E-state index contributed by atoms with van der Waals surface area (Å²) in [5.41, 5.74) is 1.45. The second-order valence-electron chi connectivity index (χ2n) is 29.9. The lowest BCUT2D eigenvalue weighted by molar-refractivity contribution is -0.157. The Morgan fingerprint density at radius 2 is 0.971 bits per heavy atom. The molecule has 1 heterocycles. The van der Waals surface area contributed by atoms with Crippen LogP contribution in [0.1, 0.15) is 168 Å². The number of likely N-dealkylation sites (N-methyl/N-ethyl adjacent to an activating group) is 7. The van der Waals surface area contributed by atoms with Gasteiger partial charge in [0.25, 0.3) is 0 Å². The Kier molecular flexibility index (Phi) is 36.7. The van der Waals surface area contributed by atoms with Gasteiger partial charge in [-0.15, -0.1) is 6.58 Å². The summed E-state index contributed by atoms with van der Waals surface area (Å²) in [6, 6.07) is -2.78. The number of amides is 11. The van der Waals surface area contributed by atoms with Crippen LogP contribution >= 0.6 is 0 Å². The highest BCUT2D eigenvalue weighted by Gasteiger charge is 2.46. The lowest BCUT2D eigenvalue weighted by Crippen LogP contribution is -2.63. The molecule has 1 aliphatic heterocycles. The highest BCUT2D eigenvalue weighted by atomic mass is 16.3. The lowest BCUT2D eigenvalue weighted by atomic mass is 9.86. The zero-order chi connectivity index (χ0) is 78.2. The summed E-state index contributed by atoms with van der Waals surface area (Å²) in [7, 11) is 9.92. The second kappa shape index (κ2) is 41.7. The molecule has 2 aliphatic rings. The molecule has 25 heteroatoms. The molecule has 570 valence electrons. The van der Waals surface area contributed by atoms with Crippen LogP contribution in [0.3, 0.4) is 0 Å². The summed E-state index contributed by atoms with van der Waals surface area (Å²) in [6.45, 7) is 33.1. The highest BCUT2D eigenvalue weighted by molar-refractivity contribution is 6.18. The van der Waals surface area contributed by atoms with Crippen LogP contribution in [0.15, 0.2) is 78.9 Å². The van der Waals surface area contributed by atoms with Crippen molar-refractivity contribution < 1.29 is 67.4 Å². The number of benzene rings is 1. The van der Waals surface area contributed by atoms with Gasteiger partial charge in [-0.25, -0.2) is 0 Å². The maximum atomic E-state index is 15.1. The monoisotopic (exact) mass is 1430 g/mol. The third-order valence-corrected chi connectivity index (χ3v) is 18.8. The summed E-state index contributed by atoms with van der Waals surface area (Å²) >= 11 is 0. The van der Waals surface area contributed by atoms with Gasteiger partial charge in [0.1, 0.15) is 60.4 Å². The average molecular weight is 1430 g/mol. The largest absolute Gasteiger partial charge is 0.390 e. The van der Waals surface area contributed by atoms with E-state index >= 15 is 9.59 Å². The molecule has 5 N–H and O–H groups in total. The first-order chi connectivity index (χ1) is 47.4. The predicted octanol–water partition coefficient (Wildman–Crippen LogP) is 5.86. The number of rotatable bonds is 18. The van der Waals surface area contributed by atoms with Gasteiger partial charge in [0.2, 0.25) is 65.0 Å². The predicted molar refractivity (Wildman–Crippen MR) is 395 cm³/mol. The van der Waals surface area contributed by atoms with E-state index in [0.717, 1.165) is 15.4 Å². The maximum absolute atomic E-state index is 15.1. The first-order valence-corrected chi connectivity index (χ1v) is 35.9. The van der Waals surface area contributed by atoms with Gasteiger partial charge in [0, 0.05) is 60.8 Å². The van der Waals surface area contributed by atoms with Crippen molar-refractivity contribution in [3.05, 3.63) is 84.5 Å². The van der Waals surface area contributed by atoms with E-state index in [-0.39, 0.29) is 73.3 Å². The molecule has 0 spiro atoms. The van der Waals surface area contributed by atoms with E-state index in [9.17, 15) is 57.8 Å². The summed E-state index contributed by atoms with van der Waals surface area (Å²) < 4.78 is 0. The van der Waals surface area contributed by atoms with E-state index in [1.807, 2.05) is 91.8 Å². The molecular weight excluding hydrogens is 1300 g/mol. The van der Waals surface area contributed by atoms with Crippen LogP contribution in [0.25, 0.3) is 0 Å².